The summed E-state index contributed by atoms with van der Waals surface area (Å²) in [6, 6.07) is 9.20. The summed E-state index contributed by atoms with van der Waals surface area (Å²) in [5.74, 6) is 0.225. The molecule has 0 aliphatic heterocycles. The molecule has 2 N–H and O–H groups in total. The molecule has 0 amide bonds. The fraction of sp³-hybridized carbons (Fsp3) is 0.200. The highest BCUT2D eigenvalue weighted by atomic mass is 32.1. The fourth-order valence-electron chi connectivity index (χ4n) is 2.29. The molecule has 0 spiro atoms. The van der Waals surface area contributed by atoms with Crippen molar-refractivity contribution in [2.75, 3.05) is 7.05 Å². The van der Waals surface area contributed by atoms with Crippen molar-refractivity contribution >= 4 is 21.6 Å². The molecule has 0 bridgehead atoms. The fourth-order valence-corrected chi connectivity index (χ4v) is 3.26. The van der Waals surface area contributed by atoms with Gasteiger partial charge in [-0.25, -0.2) is 0 Å². The molecule has 0 atom stereocenters. The van der Waals surface area contributed by atoms with Gasteiger partial charge in [0, 0.05) is 22.4 Å². The number of nitrogens with zero attached hydrogens (tertiary/aromatic N) is 2. The Labute approximate surface area is 121 Å². The van der Waals surface area contributed by atoms with Crippen LogP contribution >= 0.6 is 11.3 Å². The molecule has 0 fully saturated rings. The first-order valence-electron chi connectivity index (χ1n) is 6.39. The lowest BCUT2D eigenvalue weighted by molar-refractivity contribution is 0.477. The van der Waals surface area contributed by atoms with Crippen LogP contribution in [0.4, 0.5) is 0 Å². The topological polar surface area (TPSA) is 58.0 Å². The van der Waals surface area contributed by atoms with Crippen LogP contribution in [0, 0.1) is 6.92 Å². The second-order valence-corrected chi connectivity index (χ2v) is 5.84. The summed E-state index contributed by atoms with van der Waals surface area (Å²) < 4.78 is 0. The number of benzene rings is 1. The summed E-state index contributed by atoms with van der Waals surface area (Å²) in [5, 5.41) is 22.8. The average molecular weight is 285 g/mol. The maximum absolute atomic E-state index is 9.94. The van der Waals surface area contributed by atoms with E-state index in [2.05, 4.69) is 22.4 Å². The molecule has 5 heteroatoms. The molecule has 0 aliphatic rings. The number of para-hydroxylation sites is 1. The van der Waals surface area contributed by atoms with Crippen molar-refractivity contribution in [3.05, 3.63) is 40.8 Å². The van der Waals surface area contributed by atoms with Crippen LogP contribution in [0.2, 0.25) is 0 Å². The average Bonchev–Trinajstić information content (AvgIpc) is 2.76. The van der Waals surface area contributed by atoms with Crippen LogP contribution < -0.4 is 5.32 Å². The number of nitrogens with one attached hydrogen (secondary N) is 1. The summed E-state index contributed by atoms with van der Waals surface area (Å²) in [6.45, 7) is 2.90. The maximum Gasteiger partial charge on any atom is 0.146 e. The van der Waals surface area contributed by atoms with Crippen molar-refractivity contribution < 1.29 is 5.11 Å². The number of aromatic hydroxyl groups is 1. The van der Waals surface area contributed by atoms with E-state index in [0.717, 1.165) is 16.8 Å². The molecule has 102 valence electrons. The van der Waals surface area contributed by atoms with Gasteiger partial charge in [0.25, 0.3) is 0 Å². The number of phenolic OH excluding ortho intramolecular Hbond substituents is 1. The van der Waals surface area contributed by atoms with Gasteiger partial charge in [-0.2, -0.15) is 0 Å². The van der Waals surface area contributed by atoms with Gasteiger partial charge in [-0.05, 0) is 37.7 Å². The number of hydrogen-bond acceptors (Lipinski definition) is 5. The van der Waals surface area contributed by atoms with Crippen LogP contribution in [0.3, 0.4) is 0 Å². The number of rotatable bonds is 3. The Hall–Kier alpha value is -1.98. The maximum atomic E-state index is 9.94. The Morgan fingerprint density at radius 3 is 2.80 bits per heavy atom. The van der Waals surface area contributed by atoms with Gasteiger partial charge in [-0.15, -0.1) is 21.5 Å². The van der Waals surface area contributed by atoms with Crippen molar-refractivity contribution in [2.45, 2.75) is 13.5 Å². The van der Waals surface area contributed by atoms with Crippen LogP contribution in [0.5, 0.6) is 5.75 Å². The molecule has 20 heavy (non-hydrogen) atoms. The van der Waals surface area contributed by atoms with Gasteiger partial charge in [0.05, 0.1) is 5.69 Å². The van der Waals surface area contributed by atoms with Crippen molar-refractivity contribution in [1.29, 1.82) is 0 Å². The van der Waals surface area contributed by atoms with Crippen LogP contribution in [0.25, 0.3) is 21.5 Å². The molecular weight excluding hydrogens is 270 g/mol. The monoisotopic (exact) mass is 285 g/mol. The standard InChI is InChI=1S/C15H15N3OS/c1-9-12(8-16-2)11-7-13(17-18-15(11)20-9)10-5-3-4-6-14(10)19/h3-7,16,19H,8H2,1-2H3. The summed E-state index contributed by atoms with van der Waals surface area (Å²) in [7, 11) is 1.93. The number of aryl methyl sites for hydroxylation is 1. The number of phenols is 1. The minimum absolute atomic E-state index is 0.225. The highest BCUT2D eigenvalue weighted by molar-refractivity contribution is 7.18. The lowest BCUT2D eigenvalue weighted by Crippen LogP contribution is -2.05. The van der Waals surface area contributed by atoms with Crippen molar-refractivity contribution in [1.82, 2.24) is 15.5 Å². The van der Waals surface area contributed by atoms with E-state index < -0.39 is 0 Å². The largest absolute Gasteiger partial charge is 0.507 e. The summed E-state index contributed by atoms with van der Waals surface area (Å²) in [4.78, 5) is 2.19. The second kappa shape index (κ2) is 5.19. The number of thiophene rings is 1. The third-order valence-corrected chi connectivity index (χ3v) is 4.34. The first-order chi connectivity index (χ1) is 9.70. The minimum Gasteiger partial charge on any atom is -0.507 e. The van der Waals surface area contributed by atoms with Crippen LogP contribution in [0.1, 0.15) is 10.4 Å². The van der Waals surface area contributed by atoms with E-state index in [1.165, 1.54) is 10.4 Å². The van der Waals surface area contributed by atoms with E-state index >= 15 is 0 Å². The van der Waals surface area contributed by atoms with Gasteiger partial charge < -0.3 is 10.4 Å². The van der Waals surface area contributed by atoms with Gasteiger partial charge in [-0.1, -0.05) is 12.1 Å². The van der Waals surface area contributed by atoms with E-state index in [0.29, 0.717) is 11.3 Å². The number of hydrogen-bond donors (Lipinski definition) is 2. The zero-order valence-corrected chi connectivity index (χ0v) is 12.2. The Morgan fingerprint density at radius 1 is 1.25 bits per heavy atom. The first-order valence-corrected chi connectivity index (χ1v) is 7.21. The molecule has 2 aromatic heterocycles. The zero-order valence-electron chi connectivity index (χ0n) is 11.3. The molecule has 0 aliphatic carbocycles. The first kappa shape index (κ1) is 13.0. The van der Waals surface area contributed by atoms with Gasteiger partial charge >= 0.3 is 0 Å². The molecule has 0 saturated carbocycles. The Morgan fingerprint density at radius 2 is 2.05 bits per heavy atom. The Bertz CT molecular complexity index is 767. The minimum atomic E-state index is 0.225. The molecule has 0 radical (unpaired) electrons. The van der Waals surface area contributed by atoms with Crippen LogP contribution in [-0.2, 0) is 6.54 Å². The normalized spacial score (nSPS) is 11.1. The summed E-state index contributed by atoms with van der Waals surface area (Å²) >= 11 is 1.65. The molecule has 1 aromatic carbocycles. The van der Waals surface area contributed by atoms with E-state index in [1.807, 2.05) is 25.2 Å². The smallest absolute Gasteiger partial charge is 0.146 e. The van der Waals surface area contributed by atoms with Gasteiger partial charge in [0.15, 0.2) is 0 Å². The zero-order chi connectivity index (χ0) is 14.1. The molecule has 4 nitrogen and oxygen atoms in total. The highest BCUT2D eigenvalue weighted by Crippen LogP contribution is 2.33. The van der Waals surface area contributed by atoms with Crippen LogP contribution in [-0.4, -0.2) is 22.4 Å². The molecule has 0 unspecified atom stereocenters. The summed E-state index contributed by atoms with van der Waals surface area (Å²) in [6.07, 6.45) is 0. The lowest BCUT2D eigenvalue weighted by atomic mass is 10.1. The molecule has 3 rings (SSSR count). The number of fused-ring (bicyclic) bond motifs is 1. The third-order valence-electron chi connectivity index (χ3n) is 3.29. The predicted octanol–water partition coefficient (Wildman–Crippen LogP) is 3.09. The Balaban J connectivity index is 2.19. The van der Waals surface area contributed by atoms with Gasteiger partial charge in [-0.3, -0.25) is 0 Å². The van der Waals surface area contributed by atoms with Crippen LogP contribution in [0.15, 0.2) is 30.3 Å². The number of aromatic nitrogens is 2. The molecule has 2 heterocycles. The molecule has 0 saturated heterocycles. The SMILES string of the molecule is CNCc1c(C)sc2nnc(-c3ccccc3O)cc12. The van der Waals surface area contributed by atoms with Gasteiger partial charge in [0.2, 0.25) is 0 Å². The molecule has 3 aromatic rings. The van der Waals surface area contributed by atoms with E-state index in [-0.39, 0.29) is 5.75 Å². The summed E-state index contributed by atoms with van der Waals surface area (Å²) in [5.41, 5.74) is 2.66. The Kier molecular flexibility index (Phi) is 3.38. The second-order valence-electron chi connectivity index (χ2n) is 4.63. The quantitative estimate of drug-likeness (QED) is 0.776. The lowest BCUT2D eigenvalue weighted by Gasteiger charge is -2.04. The van der Waals surface area contributed by atoms with Crippen molar-refractivity contribution in [2.24, 2.45) is 0 Å². The van der Waals surface area contributed by atoms with Crippen molar-refractivity contribution in [3.8, 4) is 17.0 Å². The highest BCUT2D eigenvalue weighted by Gasteiger charge is 2.13. The molecular formula is C15H15N3OS. The van der Waals surface area contributed by atoms with E-state index in [4.69, 9.17) is 0 Å². The van der Waals surface area contributed by atoms with E-state index in [1.54, 1.807) is 23.5 Å². The van der Waals surface area contributed by atoms with Gasteiger partial charge in [0.1, 0.15) is 10.6 Å². The predicted molar refractivity (Wildman–Crippen MR) is 82.0 cm³/mol. The third kappa shape index (κ3) is 2.15. The van der Waals surface area contributed by atoms with E-state index in [9.17, 15) is 5.11 Å². The van der Waals surface area contributed by atoms with Crippen molar-refractivity contribution in [3.63, 3.8) is 0 Å².